The molecule has 11 heteroatoms. The molecule has 0 spiro atoms. The predicted octanol–water partition coefficient (Wildman–Crippen LogP) is 2.50. The first-order valence-corrected chi connectivity index (χ1v) is 13.2. The number of hydrogen-bond acceptors (Lipinski definition) is 7. The lowest BCUT2D eigenvalue weighted by Crippen LogP contribution is -2.47. The molecule has 11 nitrogen and oxygen atoms in total. The van der Waals surface area contributed by atoms with Gasteiger partial charge in [0.1, 0.15) is 17.9 Å². The fraction of sp³-hybridized carbons (Fsp3) is 0.464. The van der Waals surface area contributed by atoms with Crippen LogP contribution in [0.5, 0.6) is 0 Å². The molecular formula is C28H35N5O6. The number of allylic oxidation sites excluding steroid dienone is 1. The summed E-state index contributed by atoms with van der Waals surface area (Å²) in [6.45, 7) is 0.431. The van der Waals surface area contributed by atoms with E-state index >= 15 is 0 Å². The van der Waals surface area contributed by atoms with Gasteiger partial charge in [0.05, 0.1) is 24.6 Å². The topological polar surface area (TPSA) is 166 Å². The fourth-order valence-corrected chi connectivity index (χ4v) is 5.35. The number of benzene rings is 1. The lowest BCUT2D eigenvalue weighted by atomic mass is 9.87. The standard InChI is InChI=1S/C28H35N5O6/c1-39-25(37)16-30-26(38)19-9-10-22-21(14-19)31-27(33(22)17-18-6-3-2-4-7-18)28(13-5-8-20(29)15-28)32-23(34)11-12-24(35)36/h5,8-10,14-15,18H,2-4,6-7,11-13,16-17,29H2,1H3,(H,30,38)(H,32,34)(H,35,36). The molecule has 1 saturated carbocycles. The summed E-state index contributed by atoms with van der Waals surface area (Å²) in [6, 6.07) is 5.17. The first-order valence-electron chi connectivity index (χ1n) is 13.2. The number of esters is 1. The highest BCUT2D eigenvalue weighted by atomic mass is 16.5. The number of ether oxygens (including phenoxy) is 1. The lowest BCUT2D eigenvalue weighted by molar-refractivity contribution is -0.139. The molecule has 5 N–H and O–H groups in total. The summed E-state index contributed by atoms with van der Waals surface area (Å²) < 4.78 is 6.69. The number of amides is 2. The summed E-state index contributed by atoms with van der Waals surface area (Å²) in [7, 11) is 1.25. The van der Waals surface area contributed by atoms with Crippen LogP contribution >= 0.6 is 0 Å². The van der Waals surface area contributed by atoms with Crippen molar-refractivity contribution in [1.82, 2.24) is 20.2 Å². The van der Waals surface area contributed by atoms with Gasteiger partial charge in [0.2, 0.25) is 5.91 Å². The van der Waals surface area contributed by atoms with E-state index in [4.69, 9.17) is 15.8 Å². The van der Waals surface area contributed by atoms with E-state index in [1.54, 1.807) is 24.3 Å². The number of carbonyl (C=O) groups excluding carboxylic acids is 3. The van der Waals surface area contributed by atoms with Gasteiger partial charge in [-0.25, -0.2) is 4.98 Å². The molecule has 2 amide bonds. The predicted molar refractivity (Wildman–Crippen MR) is 143 cm³/mol. The van der Waals surface area contributed by atoms with Crippen LogP contribution in [0.3, 0.4) is 0 Å². The monoisotopic (exact) mass is 537 g/mol. The second-order valence-corrected chi connectivity index (χ2v) is 10.2. The second kappa shape index (κ2) is 12.1. The first-order chi connectivity index (χ1) is 18.7. The number of imidazole rings is 1. The third-order valence-corrected chi connectivity index (χ3v) is 7.29. The molecule has 2 aromatic rings. The van der Waals surface area contributed by atoms with E-state index < -0.39 is 29.3 Å². The third kappa shape index (κ3) is 6.65. The van der Waals surface area contributed by atoms with Crippen LogP contribution in [-0.4, -0.2) is 52.1 Å². The SMILES string of the molecule is COC(=O)CNC(=O)c1ccc2c(c1)nc(C1(NC(=O)CCC(=O)O)C=C(N)C=CC1)n2CC1CCCCC1. The average molecular weight is 538 g/mol. The van der Waals surface area contributed by atoms with E-state index in [0.29, 0.717) is 41.5 Å². The number of hydrogen-bond donors (Lipinski definition) is 4. The van der Waals surface area contributed by atoms with Crippen molar-refractivity contribution in [2.24, 2.45) is 11.7 Å². The minimum Gasteiger partial charge on any atom is -0.481 e. The van der Waals surface area contributed by atoms with Gasteiger partial charge in [0, 0.05) is 24.2 Å². The van der Waals surface area contributed by atoms with Gasteiger partial charge in [-0.2, -0.15) is 0 Å². The molecule has 0 saturated heterocycles. The minimum absolute atomic E-state index is 0.179. The zero-order valence-corrected chi connectivity index (χ0v) is 22.1. The van der Waals surface area contributed by atoms with Crippen molar-refractivity contribution in [3.05, 3.63) is 53.5 Å². The highest BCUT2D eigenvalue weighted by Gasteiger charge is 2.38. The normalized spacial score (nSPS) is 19.4. The van der Waals surface area contributed by atoms with Crippen molar-refractivity contribution in [3.63, 3.8) is 0 Å². The number of aromatic nitrogens is 2. The molecule has 2 aliphatic rings. The van der Waals surface area contributed by atoms with E-state index in [0.717, 1.165) is 31.2 Å². The highest BCUT2D eigenvalue weighted by Crippen LogP contribution is 2.36. The molecule has 39 heavy (non-hydrogen) atoms. The van der Waals surface area contributed by atoms with Gasteiger partial charge in [0.15, 0.2) is 0 Å². The van der Waals surface area contributed by atoms with Gasteiger partial charge in [-0.3, -0.25) is 19.2 Å². The van der Waals surface area contributed by atoms with Crippen LogP contribution in [0.15, 0.2) is 42.1 Å². The Kier molecular flexibility index (Phi) is 8.68. The summed E-state index contributed by atoms with van der Waals surface area (Å²) in [4.78, 5) is 53.1. The molecule has 2 aliphatic carbocycles. The van der Waals surface area contributed by atoms with Gasteiger partial charge in [-0.15, -0.1) is 0 Å². The summed E-state index contributed by atoms with van der Waals surface area (Å²) >= 11 is 0. The van der Waals surface area contributed by atoms with Gasteiger partial charge in [0.25, 0.3) is 5.91 Å². The molecule has 1 unspecified atom stereocenters. The van der Waals surface area contributed by atoms with Crippen molar-refractivity contribution in [2.45, 2.75) is 63.5 Å². The molecule has 1 fully saturated rings. The number of carbonyl (C=O) groups is 4. The molecule has 0 bridgehead atoms. The van der Waals surface area contributed by atoms with Crippen LogP contribution in [0.2, 0.25) is 0 Å². The molecule has 1 atom stereocenters. The molecule has 0 radical (unpaired) electrons. The lowest BCUT2D eigenvalue weighted by Gasteiger charge is -2.34. The van der Waals surface area contributed by atoms with Crippen LogP contribution in [0, 0.1) is 5.92 Å². The van der Waals surface area contributed by atoms with Crippen LogP contribution in [0.1, 0.15) is 67.5 Å². The Balaban J connectivity index is 1.77. The summed E-state index contributed by atoms with van der Waals surface area (Å²) in [5.41, 5.74) is 7.28. The van der Waals surface area contributed by atoms with Crippen molar-refractivity contribution in [2.75, 3.05) is 13.7 Å². The Bertz CT molecular complexity index is 1320. The Hall–Kier alpha value is -4.15. The molecule has 1 heterocycles. The van der Waals surface area contributed by atoms with E-state index in [2.05, 4.69) is 19.9 Å². The number of rotatable bonds is 10. The zero-order chi connectivity index (χ0) is 28.0. The van der Waals surface area contributed by atoms with Gasteiger partial charge >= 0.3 is 11.9 Å². The summed E-state index contributed by atoms with van der Waals surface area (Å²) in [6.07, 6.45) is 11.0. The smallest absolute Gasteiger partial charge is 0.325 e. The third-order valence-electron chi connectivity index (χ3n) is 7.29. The van der Waals surface area contributed by atoms with Gasteiger partial charge in [-0.05, 0) is 55.5 Å². The highest BCUT2D eigenvalue weighted by molar-refractivity contribution is 5.98. The zero-order valence-electron chi connectivity index (χ0n) is 22.1. The summed E-state index contributed by atoms with van der Waals surface area (Å²) in [5.74, 6) is -1.47. The quantitative estimate of drug-likeness (QED) is 0.336. The fourth-order valence-electron chi connectivity index (χ4n) is 5.35. The Labute approximate surface area is 226 Å². The first kappa shape index (κ1) is 27.9. The number of nitrogens with one attached hydrogen (secondary N) is 2. The Morgan fingerprint density at radius 3 is 2.64 bits per heavy atom. The van der Waals surface area contributed by atoms with Gasteiger partial charge < -0.3 is 30.8 Å². The van der Waals surface area contributed by atoms with Crippen molar-refractivity contribution in [3.8, 4) is 0 Å². The maximum atomic E-state index is 12.9. The largest absolute Gasteiger partial charge is 0.481 e. The van der Waals surface area contributed by atoms with E-state index in [1.165, 1.54) is 13.5 Å². The van der Waals surface area contributed by atoms with E-state index in [1.807, 2.05) is 12.1 Å². The van der Waals surface area contributed by atoms with Crippen LogP contribution < -0.4 is 16.4 Å². The number of aliphatic carboxylic acids is 1. The van der Waals surface area contributed by atoms with Crippen LogP contribution in [0.4, 0.5) is 0 Å². The number of carboxylic acids is 1. The van der Waals surface area contributed by atoms with Crippen molar-refractivity contribution in [1.29, 1.82) is 0 Å². The number of carboxylic acid groups (broad SMARTS) is 1. The number of fused-ring (bicyclic) bond motifs is 1. The average Bonchev–Trinajstić information content (AvgIpc) is 3.29. The molecule has 1 aromatic heterocycles. The molecule has 4 rings (SSSR count). The van der Waals surface area contributed by atoms with Crippen LogP contribution in [-0.2, 0) is 31.2 Å². The Morgan fingerprint density at radius 1 is 1.18 bits per heavy atom. The molecular weight excluding hydrogens is 502 g/mol. The second-order valence-electron chi connectivity index (χ2n) is 10.2. The molecule has 0 aliphatic heterocycles. The Morgan fingerprint density at radius 2 is 1.95 bits per heavy atom. The van der Waals surface area contributed by atoms with Gasteiger partial charge in [-0.1, -0.05) is 25.3 Å². The number of nitrogens with zero attached hydrogens (tertiary/aromatic N) is 2. The molecule has 208 valence electrons. The van der Waals surface area contributed by atoms with Crippen molar-refractivity contribution < 1.29 is 29.0 Å². The summed E-state index contributed by atoms with van der Waals surface area (Å²) in [5, 5.41) is 14.6. The van der Waals surface area contributed by atoms with E-state index in [-0.39, 0.29) is 19.4 Å². The maximum Gasteiger partial charge on any atom is 0.325 e. The molecule has 1 aromatic carbocycles. The van der Waals surface area contributed by atoms with E-state index in [9.17, 15) is 19.2 Å². The van der Waals surface area contributed by atoms with Crippen LogP contribution in [0.25, 0.3) is 11.0 Å². The minimum atomic E-state index is -1.09. The maximum absolute atomic E-state index is 12.9. The van der Waals surface area contributed by atoms with Crippen molar-refractivity contribution >= 4 is 34.8 Å². The number of methoxy groups -OCH3 is 1. The number of nitrogens with two attached hydrogens (primary N) is 1.